The van der Waals surface area contributed by atoms with Gasteiger partial charge in [-0.3, -0.25) is 0 Å². The summed E-state index contributed by atoms with van der Waals surface area (Å²) in [5.74, 6) is 1.73. The second kappa shape index (κ2) is 23.4. The number of hydrogen-bond donors (Lipinski definition) is 0. The minimum Gasteiger partial charge on any atom is -0.492 e. The Morgan fingerprint density at radius 3 is 1.14 bits per heavy atom. The molecule has 0 atom stereocenters. The predicted octanol–water partition coefficient (Wildman–Crippen LogP) is 15.4. The molecule has 0 aliphatic carbocycles. The monoisotopic (exact) mass is 965 g/mol. The number of likely N-dealkylation sites (N-methyl/N-ethyl adjacent to an activating group) is 2. The van der Waals surface area contributed by atoms with E-state index in [1.807, 2.05) is 0 Å². The van der Waals surface area contributed by atoms with Crippen molar-refractivity contribution < 1.29 is 9.47 Å². The highest BCUT2D eigenvalue weighted by Crippen LogP contribution is 2.45. The van der Waals surface area contributed by atoms with Gasteiger partial charge in [0.15, 0.2) is 0 Å². The summed E-state index contributed by atoms with van der Waals surface area (Å²) in [6.07, 6.45) is 6.60. The minimum atomic E-state index is -0.0392. The molecule has 9 rings (SSSR count). The molecule has 0 saturated carbocycles. The minimum absolute atomic E-state index is 0.0392. The standard InChI is InChI=1S/C67H72N4O2/c1-9-57(65(48-22-16-13-17-23-48)51-28-34-55(35-29-51)72-42-40-68(5)6)53-32-38-63-59(44-53)61(46-70(63)11-3)67(50-26-20-15-21-27-50)62-47-71(12-4)64-39-33-54(45-60(62)64)58(10-2)66(49-24-18-14-19-25-49)52-30-36-56(37-31-52)73-43-41-69(7)8/h13-39,44-47,67H,9-12,40-43H2,1-8H3/b65-57-,66-58-. The van der Waals surface area contributed by atoms with Gasteiger partial charge in [0.1, 0.15) is 24.7 Å². The Hall–Kier alpha value is -7.38. The molecule has 7 aromatic carbocycles. The number of hydrogen-bond acceptors (Lipinski definition) is 4. The van der Waals surface area contributed by atoms with Crippen molar-refractivity contribution >= 4 is 44.1 Å². The molecular formula is C67H72N4O2. The molecule has 0 N–H and O–H groups in total. The second-order valence-corrected chi connectivity index (χ2v) is 19.5. The van der Waals surface area contributed by atoms with Gasteiger partial charge in [-0.1, -0.05) is 141 Å². The molecule has 73 heavy (non-hydrogen) atoms. The van der Waals surface area contributed by atoms with E-state index in [-0.39, 0.29) is 5.92 Å². The van der Waals surface area contributed by atoms with Gasteiger partial charge in [0.05, 0.1) is 0 Å². The van der Waals surface area contributed by atoms with Crippen LogP contribution in [0.5, 0.6) is 11.5 Å². The van der Waals surface area contributed by atoms with Gasteiger partial charge in [0, 0.05) is 66.3 Å². The van der Waals surface area contributed by atoms with Crippen LogP contribution in [-0.4, -0.2) is 73.4 Å². The summed E-state index contributed by atoms with van der Waals surface area (Å²) in [5.41, 5.74) is 18.7. The Labute approximate surface area is 434 Å². The number of allylic oxidation sites excluding steroid dienone is 2. The molecule has 6 heteroatoms. The zero-order chi connectivity index (χ0) is 50.8. The molecule has 372 valence electrons. The Morgan fingerprint density at radius 2 is 0.781 bits per heavy atom. The SMILES string of the molecule is CC/C(=C(\c1ccccc1)c1ccc(OCCN(C)C)cc1)c1ccc2c(c1)c(C(c1ccccc1)c1cn(CC)c3ccc(/C(CC)=C(/c4ccccc4)c4ccc(OCCN(C)C)cc4)cc13)cn2CC. The van der Waals surface area contributed by atoms with Gasteiger partial charge < -0.3 is 28.4 Å². The highest BCUT2D eigenvalue weighted by atomic mass is 16.5. The Kier molecular flexibility index (Phi) is 16.2. The van der Waals surface area contributed by atoms with E-state index in [1.54, 1.807) is 0 Å². The van der Waals surface area contributed by atoms with Crippen molar-refractivity contribution in [2.75, 3.05) is 54.5 Å². The lowest BCUT2D eigenvalue weighted by Crippen LogP contribution is -2.19. The first-order valence-electron chi connectivity index (χ1n) is 26.3. The molecule has 0 radical (unpaired) electrons. The fraction of sp³-hybridized carbons (Fsp3) is 0.254. The largest absolute Gasteiger partial charge is 0.492 e. The van der Waals surface area contributed by atoms with Crippen LogP contribution in [0.25, 0.3) is 44.1 Å². The van der Waals surface area contributed by atoms with Gasteiger partial charge in [-0.25, -0.2) is 0 Å². The van der Waals surface area contributed by atoms with E-state index in [4.69, 9.17) is 9.47 Å². The van der Waals surface area contributed by atoms with Gasteiger partial charge in [0.2, 0.25) is 0 Å². The van der Waals surface area contributed by atoms with Crippen molar-refractivity contribution in [1.82, 2.24) is 18.9 Å². The lowest BCUT2D eigenvalue weighted by molar-refractivity contribution is 0.261. The molecule has 6 nitrogen and oxygen atoms in total. The summed E-state index contributed by atoms with van der Waals surface area (Å²) < 4.78 is 17.2. The third-order valence-electron chi connectivity index (χ3n) is 14.3. The van der Waals surface area contributed by atoms with E-state index in [0.29, 0.717) is 13.2 Å². The lowest BCUT2D eigenvalue weighted by Gasteiger charge is -2.20. The van der Waals surface area contributed by atoms with Crippen LogP contribution in [0.15, 0.2) is 188 Å². The summed E-state index contributed by atoms with van der Waals surface area (Å²) in [7, 11) is 8.29. The zero-order valence-corrected chi connectivity index (χ0v) is 44.2. The molecule has 0 fully saturated rings. The maximum atomic E-state index is 6.15. The molecule has 0 aliphatic rings. The Bertz CT molecular complexity index is 3100. The van der Waals surface area contributed by atoms with Crippen LogP contribution in [0.3, 0.4) is 0 Å². The average Bonchev–Trinajstić information content (AvgIpc) is 3.98. The van der Waals surface area contributed by atoms with E-state index < -0.39 is 0 Å². The van der Waals surface area contributed by atoms with Crippen molar-refractivity contribution in [3.05, 3.63) is 238 Å². The van der Waals surface area contributed by atoms with Crippen molar-refractivity contribution in [2.24, 2.45) is 0 Å². The van der Waals surface area contributed by atoms with Crippen LogP contribution in [0.2, 0.25) is 0 Å². The molecule has 0 bridgehead atoms. The quantitative estimate of drug-likeness (QED) is 0.0672. The fourth-order valence-corrected chi connectivity index (χ4v) is 10.6. The van der Waals surface area contributed by atoms with Crippen LogP contribution in [0.1, 0.15) is 96.5 Å². The maximum Gasteiger partial charge on any atom is 0.119 e. The highest BCUT2D eigenvalue weighted by molar-refractivity contribution is 6.02. The van der Waals surface area contributed by atoms with E-state index in [0.717, 1.165) is 50.5 Å². The topological polar surface area (TPSA) is 34.8 Å². The summed E-state index contributed by atoms with van der Waals surface area (Å²) in [4.78, 5) is 4.29. The van der Waals surface area contributed by atoms with Crippen LogP contribution in [0, 0.1) is 0 Å². The van der Waals surface area contributed by atoms with Gasteiger partial charge in [-0.05, 0) is 176 Å². The molecule has 0 amide bonds. The third kappa shape index (κ3) is 11.2. The first-order valence-corrected chi connectivity index (χ1v) is 26.3. The normalized spacial score (nSPS) is 12.9. The maximum absolute atomic E-state index is 6.15. The van der Waals surface area contributed by atoms with E-state index >= 15 is 0 Å². The second-order valence-electron chi connectivity index (χ2n) is 19.5. The first-order chi connectivity index (χ1) is 35.7. The fourth-order valence-electron chi connectivity index (χ4n) is 10.6. The zero-order valence-electron chi connectivity index (χ0n) is 44.2. The average molecular weight is 965 g/mol. The summed E-state index contributed by atoms with van der Waals surface area (Å²) in [6.45, 7) is 13.9. The predicted molar refractivity (Wildman–Crippen MR) is 309 cm³/mol. The number of benzene rings is 7. The molecule has 0 saturated heterocycles. The number of nitrogens with zero attached hydrogens (tertiary/aromatic N) is 4. The van der Waals surface area contributed by atoms with Gasteiger partial charge in [-0.15, -0.1) is 0 Å². The van der Waals surface area contributed by atoms with E-state index in [9.17, 15) is 0 Å². The number of ether oxygens (including phenoxy) is 2. The number of aromatic nitrogens is 2. The van der Waals surface area contributed by atoms with Crippen LogP contribution < -0.4 is 9.47 Å². The first kappa shape index (κ1) is 50.6. The number of aryl methyl sites for hydroxylation is 2. The van der Waals surface area contributed by atoms with Gasteiger partial charge >= 0.3 is 0 Å². The Morgan fingerprint density at radius 1 is 0.425 bits per heavy atom. The molecule has 0 spiro atoms. The summed E-state index contributed by atoms with van der Waals surface area (Å²) in [5, 5.41) is 2.55. The van der Waals surface area contributed by atoms with Crippen molar-refractivity contribution in [3.63, 3.8) is 0 Å². The number of fused-ring (bicyclic) bond motifs is 2. The summed E-state index contributed by atoms with van der Waals surface area (Å²) >= 11 is 0. The lowest BCUT2D eigenvalue weighted by atomic mass is 9.83. The highest BCUT2D eigenvalue weighted by Gasteiger charge is 2.27. The smallest absolute Gasteiger partial charge is 0.119 e. The van der Waals surface area contributed by atoms with E-state index in [1.165, 1.54) is 94.2 Å². The number of rotatable bonds is 21. The molecule has 0 unspecified atom stereocenters. The molecule has 2 heterocycles. The molecule has 2 aromatic heterocycles. The summed E-state index contributed by atoms with van der Waals surface area (Å²) in [6, 6.07) is 64.7. The van der Waals surface area contributed by atoms with Crippen molar-refractivity contribution in [3.8, 4) is 11.5 Å². The third-order valence-corrected chi connectivity index (χ3v) is 14.3. The van der Waals surface area contributed by atoms with Gasteiger partial charge in [-0.2, -0.15) is 0 Å². The van der Waals surface area contributed by atoms with Gasteiger partial charge in [0.25, 0.3) is 0 Å². The van der Waals surface area contributed by atoms with Crippen LogP contribution in [0.4, 0.5) is 0 Å². The van der Waals surface area contributed by atoms with Crippen LogP contribution >= 0.6 is 0 Å². The van der Waals surface area contributed by atoms with Crippen molar-refractivity contribution in [2.45, 2.75) is 59.5 Å². The Balaban J connectivity index is 1.22. The van der Waals surface area contributed by atoms with E-state index in [2.05, 4.69) is 263 Å². The van der Waals surface area contributed by atoms with Crippen molar-refractivity contribution in [1.29, 1.82) is 0 Å². The molecule has 9 aromatic rings. The molecule has 0 aliphatic heterocycles. The molecular weight excluding hydrogens is 893 g/mol. The van der Waals surface area contributed by atoms with Crippen LogP contribution in [-0.2, 0) is 13.1 Å².